The summed E-state index contributed by atoms with van der Waals surface area (Å²) < 4.78 is 11.3. The van der Waals surface area contributed by atoms with Crippen molar-refractivity contribution in [3.8, 4) is 0 Å². The third-order valence-corrected chi connectivity index (χ3v) is 6.87. The zero-order valence-electron chi connectivity index (χ0n) is 16.0. The first kappa shape index (κ1) is 17.7. The van der Waals surface area contributed by atoms with Crippen molar-refractivity contribution in [1.82, 2.24) is 9.97 Å². The quantitative estimate of drug-likeness (QED) is 0.711. The van der Waals surface area contributed by atoms with Gasteiger partial charge in [0.15, 0.2) is 0 Å². The van der Waals surface area contributed by atoms with E-state index in [-0.39, 0.29) is 5.60 Å². The Morgan fingerprint density at radius 1 is 1.25 bits per heavy atom. The van der Waals surface area contributed by atoms with Gasteiger partial charge < -0.3 is 14.8 Å². The highest BCUT2D eigenvalue weighted by molar-refractivity contribution is 7.19. The maximum Gasteiger partial charge on any atom is 0.142 e. The van der Waals surface area contributed by atoms with E-state index in [9.17, 15) is 0 Å². The SMILES string of the molecule is COCC1(OC)CCc2c(sc3ncnc(Nc4ccc5c(c4)C=NC5)c23)C1. The number of rotatable bonds is 5. The number of fused-ring (bicyclic) bond motifs is 4. The van der Waals surface area contributed by atoms with Gasteiger partial charge in [-0.15, -0.1) is 11.3 Å². The molecule has 3 heterocycles. The molecule has 0 radical (unpaired) electrons. The van der Waals surface area contributed by atoms with Crippen molar-refractivity contribution in [1.29, 1.82) is 0 Å². The lowest BCUT2D eigenvalue weighted by atomic mass is 9.84. The first-order chi connectivity index (χ1) is 13.7. The van der Waals surface area contributed by atoms with Gasteiger partial charge in [0.05, 0.1) is 24.1 Å². The van der Waals surface area contributed by atoms with Crippen LogP contribution in [0.15, 0.2) is 29.5 Å². The Morgan fingerprint density at radius 2 is 2.18 bits per heavy atom. The van der Waals surface area contributed by atoms with Crippen molar-refractivity contribution in [3.63, 3.8) is 0 Å². The summed E-state index contributed by atoms with van der Waals surface area (Å²) in [6, 6.07) is 6.35. The molecule has 0 saturated heterocycles. The fraction of sp³-hybridized carbons (Fsp3) is 0.381. The van der Waals surface area contributed by atoms with E-state index in [2.05, 4.69) is 38.5 Å². The molecule has 1 unspecified atom stereocenters. The fourth-order valence-corrected chi connectivity index (χ4v) is 5.53. The summed E-state index contributed by atoms with van der Waals surface area (Å²) in [6.07, 6.45) is 6.29. The molecule has 0 bridgehead atoms. The molecular weight excluding hydrogens is 372 g/mol. The molecule has 0 amide bonds. The van der Waals surface area contributed by atoms with Gasteiger partial charge in [0.2, 0.25) is 0 Å². The van der Waals surface area contributed by atoms with Crippen LogP contribution in [-0.2, 0) is 28.9 Å². The van der Waals surface area contributed by atoms with Crippen LogP contribution < -0.4 is 5.32 Å². The number of aromatic nitrogens is 2. The van der Waals surface area contributed by atoms with Crippen molar-refractivity contribution in [2.24, 2.45) is 4.99 Å². The van der Waals surface area contributed by atoms with Crippen LogP contribution in [0.2, 0.25) is 0 Å². The maximum absolute atomic E-state index is 5.86. The number of anilines is 2. The van der Waals surface area contributed by atoms with Crippen molar-refractivity contribution in [2.45, 2.75) is 31.4 Å². The number of hydrogen-bond acceptors (Lipinski definition) is 7. The van der Waals surface area contributed by atoms with Gasteiger partial charge in [0.1, 0.15) is 17.0 Å². The zero-order valence-corrected chi connectivity index (χ0v) is 16.8. The van der Waals surface area contributed by atoms with Crippen LogP contribution in [0.1, 0.15) is 28.0 Å². The van der Waals surface area contributed by atoms with Crippen LogP contribution in [0, 0.1) is 0 Å². The molecule has 0 saturated carbocycles. The van der Waals surface area contributed by atoms with E-state index in [4.69, 9.17) is 9.47 Å². The van der Waals surface area contributed by atoms with E-state index in [0.29, 0.717) is 6.61 Å². The number of methoxy groups -OCH3 is 2. The highest BCUT2D eigenvalue weighted by Gasteiger charge is 2.37. The summed E-state index contributed by atoms with van der Waals surface area (Å²) in [7, 11) is 3.51. The number of nitrogens with one attached hydrogen (secondary N) is 1. The summed E-state index contributed by atoms with van der Waals surface area (Å²) in [5, 5.41) is 4.65. The number of aliphatic imine (C=N–C) groups is 1. The molecule has 6 nitrogen and oxygen atoms in total. The minimum absolute atomic E-state index is 0.247. The predicted molar refractivity (Wildman–Crippen MR) is 112 cm³/mol. The number of nitrogens with zero attached hydrogens (tertiary/aromatic N) is 3. The third-order valence-electron chi connectivity index (χ3n) is 5.73. The minimum atomic E-state index is -0.247. The van der Waals surface area contributed by atoms with Crippen molar-refractivity contribution in [3.05, 3.63) is 46.1 Å². The van der Waals surface area contributed by atoms with E-state index >= 15 is 0 Å². The number of thiophene rings is 1. The molecule has 1 aromatic carbocycles. The smallest absolute Gasteiger partial charge is 0.142 e. The molecule has 7 heteroatoms. The molecule has 5 rings (SSSR count). The van der Waals surface area contributed by atoms with Gasteiger partial charge >= 0.3 is 0 Å². The Morgan fingerprint density at radius 3 is 3.04 bits per heavy atom. The van der Waals surface area contributed by atoms with Gasteiger partial charge in [-0.1, -0.05) is 6.07 Å². The normalized spacial score (nSPS) is 20.4. The molecule has 1 atom stereocenters. The van der Waals surface area contributed by atoms with Gasteiger partial charge in [-0.3, -0.25) is 4.99 Å². The molecule has 1 N–H and O–H groups in total. The summed E-state index contributed by atoms with van der Waals surface area (Å²) in [5.41, 5.74) is 4.55. The van der Waals surface area contributed by atoms with Gasteiger partial charge in [-0.05, 0) is 41.7 Å². The topological polar surface area (TPSA) is 68.6 Å². The molecule has 1 aliphatic heterocycles. The number of aryl methyl sites for hydroxylation is 1. The van der Waals surface area contributed by atoms with E-state index in [0.717, 1.165) is 47.5 Å². The van der Waals surface area contributed by atoms with Crippen LogP contribution in [0.4, 0.5) is 11.5 Å². The molecule has 0 spiro atoms. The Bertz CT molecular complexity index is 1080. The van der Waals surface area contributed by atoms with Crippen molar-refractivity contribution in [2.75, 3.05) is 26.1 Å². The maximum atomic E-state index is 5.86. The lowest BCUT2D eigenvalue weighted by Gasteiger charge is -2.35. The van der Waals surface area contributed by atoms with Gasteiger partial charge in [-0.2, -0.15) is 0 Å². The summed E-state index contributed by atoms with van der Waals surface area (Å²) >= 11 is 1.74. The second-order valence-corrected chi connectivity index (χ2v) is 8.50. The first-order valence-corrected chi connectivity index (χ1v) is 10.2. The molecule has 1 aliphatic carbocycles. The van der Waals surface area contributed by atoms with Gasteiger partial charge in [0, 0.05) is 37.4 Å². The average Bonchev–Trinajstić information content (AvgIpc) is 3.31. The second kappa shape index (κ2) is 6.92. The largest absolute Gasteiger partial charge is 0.382 e. The summed E-state index contributed by atoms with van der Waals surface area (Å²) in [4.78, 5) is 15.8. The molecular formula is C21H22N4O2S. The summed E-state index contributed by atoms with van der Waals surface area (Å²) in [6.45, 7) is 1.37. The number of benzene rings is 1. The Labute approximate surface area is 167 Å². The Hall–Kier alpha value is -2.35. The predicted octanol–water partition coefficient (Wildman–Crippen LogP) is 3.89. The lowest BCUT2D eigenvalue weighted by molar-refractivity contribution is -0.0714. The highest BCUT2D eigenvalue weighted by Crippen LogP contribution is 2.42. The van der Waals surface area contributed by atoms with Crippen LogP contribution in [-0.4, -0.2) is 42.6 Å². The van der Waals surface area contributed by atoms with E-state index < -0.39 is 0 Å². The molecule has 2 aliphatic rings. The van der Waals surface area contributed by atoms with Crippen LogP contribution in [0.3, 0.4) is 0 Å². The van der Waals surface area contributed by atoms with E-state index in [1.807, 2.05) is 6.21 Å². The first-order valence-electron chi connectivity index (χ1n) is 9.40. The van der Waals surface area contributed by atoms with Gasteiger partial charge in [0.25, 0.3) is 0 Å². The van der Waals surface area contributed by atoms with Crippen LogP contribution in [0.5, 0.6) is 0 Å². The van der Waals surface area contributed by atoms with Crippen molar-refractivity contribution < 1.29 is 9.47 Å². The van der Waals surface area contributed by atoms with E-state index in [1.54, 1.807) is 31.9 Å². The minimum Gasteiger partial charge on any atom is -0.382 e. The van der Waals surface area contributed by atoms with Crippen LogP contribution >= 0.6 is 11.3 Å². The number of hydrogen-bond donors (Lipinski definition) is 1. The average molecular weight is 395 g/mol. The molecule has 28 heavy (non-hydrogen) atoms. The molecule has 144 valence electrons. The monoisotopic (exact) mass is 394 g/mol. The zero-order chi connectivity index (χ0) is 19.1. The molecule has 0 fully saturated rings. The lowest BCUT2D eigenvalue weighted by Crippen LogP contribution is -2.41. The van der Waals surface area contributed by atoms with Gasteiger partial charge in [-0.25, -0.2) is 9.97 Å². The number of ether oxygens (including phenoxy) is 2. The molecule has 3 aromatic rings. The standard InChI is InChI=1S/C21H22N4O2S/c1-26-11-21(27-2)6-5-16-17(8-21)28-20-18(16)19(23-12-24-20)25-15-4-3-13-9-22-10-14(13)7-15/h3-4,7,10,12H,5-6,8-9,11H2,1-2H3,(H,23,24,25). The summed E-state index contributed by atoms with van der Waals surface area (Å²) in [5.74, 6) is 0.869. The fourth-order valence-electron chi connectivity index (χ4n) is 4.21. The Kier molecular flexibility index (Phi) is 4.38. The van der Waals surface area contributed by atoms with Crippen LogP contribution in [0.25, 0.3) is 10.2 Å². The highest BCUT2D eigenvalue weighted by atomic mass is 32.1. The molecule has 2 aromatic heterocycles. The second-order valence-electron chi connectivity index (χ2n) is 7.41. The Balaban J connectivity index is 1.52. The third kappa shape index (κ3) is 2.90. The van der Waals surface area contributed by atoms with Crippen molar-refractivity contribution >= 4 is 39.3 Å². The van der Waals surface area contributed by atoms with E-state index in [1.165, 1.54) is 21.6 Å².